The van der Waals surface area contributed by atoms with Crippen LogP contribution in [0.1, 0.15) is 46.0 Å². The molecule has 0 bridgehead atoms. The Bertz CT molecular complexity index is 742. The van der Waals surface area contributed by atoms with E-state index >= 15 is 0 Å². The maximum absolute atomic E-state index is 12.7. The van der Waals surface area contributed by atoms with Crippen LogP contribution in [0.3, 0.4) is 0 Å². The van der Waals surface area contributed by atoms with Gasteiger partial charge in [-0.1, -0.05) is 13.3 Å². The third kappa shape index (κ3) is 4.89. The lowest BCUT2D eigenvalue weighted by atomic mass is 9.99. The Morgan fingerprint density at radius 3 is 2.37 bits per heavy atom. The minimum atomic E-state index is -3.43. The van der Waals surface area contributed by atoms with Gasteiger partial charge in [0.25, 0.3) is 0 Å². The van der Waals surface area contributed by atoms with E-state index in [1.54, 1.807) is 28.6 Å². The number of hydrogen-bond donors (Lipinski definition) is 1. The number of likely N-dealkylation sites (tertiary alicyclic amines) is 1. The second-order valence-electron chi connectivity index (χ2n) is 7.90. The van der Waals surface area contributed by atoms with Gasteiger partial charge in [-0.2, -0.15) is 4.31 Å². The van der Waals surface area contributed by atoms with Crippen molar-refractivity contribution < 1.29 is 13.2 Å². The Kier molecular flexibility index (Phi) is 6.55. The van der Waals surface area contributed by atoms with Gasteiger partial charge in [-0.05, 0) is 69.3 Å². The van der Waals surface area contributed by atoms with E-state index in [0.717, 1.165) is 38.8 Å². The molecule has 0 radical (unpaired) electrons. The van der Waals surface area contributed by atoms with Crippen LogP contribution >= 0.6 is 0 Å². The molecule has 150 valence electrons. The minimum Gasteiger partial charge on any atom is -0.325 e. The summed E-state index contributed by atoms with van der Waals surface area (Å²) < 4.78 is 27.0. The van der Waals surface area contributed by atoms with E-state index < -0.39 is 10.0 Å². The van der Waals surface area contributed by atoms with E-state index in [0.29, 0.717) is 29.6 Å². The van der Waals surface area contributed by atoms with E-state index in [9.17, 15) is 13.2 Å². The number of benzene rings is 1. The summed E-state index contributed by atoms with van der Waals surface area (Å²) >= 11 is 0. The predicted molar refractivity (Wildman–Crippen MR) is 107 cm³/mol. The summed E-state index contributed by atoms with van der Waals surface area (Å²) in [5, 5.41) is 2.92. The standard InChI is InChI=1S/C20H31N3O3S/c1-16-7-6-12-22(15-16)17(2)20(24)21-18-8-10-19(11-9-18)27(25,26)23-13-4-3-5-14-23/h8-11,16-17H,3-7,12-15H2,1-2H3,(H,21,24)/t16-,17+/m0/s1. The highest BCUT2D eigenvalue weighted by Crippen LogP contribution is 2.23. The number of sulfonamides is 1. The lowest BCUT2D eigenvalue weighted by Crippen LogP contribution is -2.46. The van der Waals surface area contributed by atoms with Gasteiger partial charge >= 0.3 is 0 Å². The number of carbonyl (C=O) groups is 1. The van der Waals surface area contributed by atoms with Crippen molar-refractivity contribution in [1.82, 2.24) is 9.21 Å². The molecule has 0 unspecified atom stereocenters. The van der Waals surface area contributed by atoms with E-state index in [4.69, 9.17) is 0 Å². The fourth-order valence-electron chi connectivity index (χ4n) is 3.95. The Hall–Kier alpha value is -1.44. The molecule has 2 atom stereocenters. The van der Waals surface area contributed by atoms with Gasteiger partial charge in [0.15, 0.2) is 0 Å². The molecule has 7 heteroatoms. The summed E-state index contributed by atoms with van der Waals surface area (Å²) in [5.41, 5.74) is 0.634. The zero-order valence-electron chi connectivity index (χ0n) is 16.4. The van der Waals surface area contributed by atoms with Crippen molar-refractivity contribution in [2.75, 3.05) is 31.5 Å². The second-order valence-corrected chi connectivity index (χ2v) is 9.83. The van der Waals surface area contributed by atoms with Gasteiger partial charge in [0.1, 0.15) is 0 Å². The quantitative estimate of drug-likeness (QED) is 0.835. The summed E-state index contributed by atoms with van der Waals surface area (Å²) in [7, 11) is -3.43. The van der Waals surface area contributed by atoms with E-state index in [1.807, 2.05) is 6.92 Å². The van der Waals surface area contributed by atoms with Crippen LogP contribution in [0.4, 0.5) is 5.69 Å². The van der Waals surface area contributed by atoms with Crippen LogP contribution in [0.2, 0.25) is 0 Å². The molecule has 2 aliphatic rings. The number of hydrogen-bond acceptors (Lipinski definition) is 4. The lowest BCUT2D eigenvalue weighted by molar-refractivity contribution is -0.121. The Morgan fingerprint density at radius 2 is 1.74 bits per heavy atom. The van der Waals surface area contributed by atoms with Gasteiger partial charge in [0.2, 0.25) is 15.9 Å². The van der Waals surface area contributed by atoms with Crippen LogP contribution < -0.4 is 5.32 Å². The lowest BCUT2D eigenvalue weighted by Gasteiger charge is -2.34. The van der Waals surface area contributed by atoms with Crippen LogP contribution in [0.5, 0.6) is 0 Å². The molecule has 0 aliphatic carbocycles. The highest BCUT2D eigenvalue weighted by Gasteiger charge is 2.27. The average molecular weight is 394 g/mol. The summed E-state index contributed by atoms with van der Waals surface area (Å²) in [6.07, 6.45) is 5.27. The van der Waals surface area contributed by atoms with Gasteiger partial charge < -0.3 is 5.32 Å². The highest BCUT2D eigenvalue weighted by molar-refractivity contribution is 7.89. The maximum atomic E-state index is 12.7. The molecule has 2 aliphatic heterocycles. The van der Waals surface area contributed by atoms with Gasteiger partial charge in [0.05, 0.1) is 10.9 Å². The van der Waals surface area contributed by atoms with Crippen LogP contribution in [-0.4, -0.2) is 55.8 Å². The van der Waals surface area contributed by atoms with Gasteiger partial charge in [0, 0.05) is 25.3 Å². The van der Waals surface area contributed by atoms with Crippen LogP contribution in [-0.2, 0) is 14.8 Å². The topological polar surface area (TPSA) is 69.7 Å². The number of rotatable bonds is 5. The smallest absolute Gasteiger partial charge is 0.243 e. The van der Waals surface area contributed by atoms with Crippen molar-refractivity contribution in [2.45, 2.75) is 56.9 Å². The highest BCUT2D eigenvalue weighted by atomic mass is 32.2. The summed E-state index contributed by atoms with van der Waals surface area (Å²) in [6.45, 7) is 7.23. The fourth-order valence-corrected chi connectivity index (χ4v) is 5.47. The third-order valence-corrected chi connectivity index (χ3v) is 7.60. The third-order valence-electron chi connectivity index (χ3n) is 5.69. The van der Waals surface area contributed by atoms with E-state index in [2.05, 4.69) is 17.1 Å². The molecular formula is C20H31N3O3S. The Morgan fingerprint density at radius 1 is 1.07 bits per heavy atom. The molecule has 2 fully saturated rings. The number of nitrogens with zero attached hydrogens (tertiary/aromatic N) is 2. The summed E-state index contributed by atoms with van der Waals surface area (Å²) in [6, 6.07) is 6.35. The molecule has 0 saturated carbocycles. The molecule has 0 spiro atoms. The zero-order valence-corrected chi connectivity index (χ0v) is 17.2. The van der Waals surface area contributed by atoms with Crippen LogP contribution in [0.25, 0.3) is 0 Å². The Balaban J connectivity index is 1.62. The van der Waals surface area contributed by atoms with E-state index in [1.165, 1.54) is 6.42 Å². The van der Waals surface area contributed by atoms with Gasteiger partial charge in [-0.3, -0.25) is 9.69 Å². The molecule has 1 aromatic rings. The monoisotopic (exact) mass is 393 g/mol. The fraction of sp³-hybridized carbons (Fsp3) is 0.650. The van der Waals surface area contributed by atoms with Crippen molar-refractivity contribution in [1.29, 1.82) is 0 Å². The van der Waals surface area contributed by atoms with Crippen molar-refractivity contribution in [3.8, 4) is 0 Å². The normalized spacial score (nSPS) is 23.7. The van der Waals surface area contributed by atoms with Crippen molar-refractivity contribution in [3.05, 3.63) is 24.3 Å². The summed E-state index contributed by atoms with van der Waals surface area (Å²) in [5.74, 6) is 0.573. The number of anilines is 1. The van der Waals surface area contributed by atoms with E-state index in [-0.39, 0.29) is 11.9 Å². The summed E-state index contributed by atoms with van der Waals surface area (Å²) in [4.78, 5) is 15.1. The number of piperidine rings is 2. The molecule has 27 heavy (non-hydrogen) atoms. The molecule has 0 aromatic heterocycles. The Labute approximate surface area is 163 Å². The number of carbonyl (C=O) groups excluding carboxylic acids is 1. The maximum Gasteiger partial charge on any atom is 0.243 e. The predicted octanol–water partition coefficient (Wildman–Crippen LogP) is 2.92. The van der Waals surface area contributed by atoms with Gasteiger partial charge in [-0.15, -0.1) is 0 Å². The second kappa shape index (κ2) is 8.71. The van der Waals surface area contributed by atoms with Crippen molar-refractivity contribution >= 4 is 21.6 Å². The largest absolute Gasteiger partial charge is 0.325 e. The molecule has 2 heterocycles. The molecule has 1 aromatic carbocycles. The van der Waals surface area contributed by atoms with Crippen molar-refractivity contribution in [3.63, 3.8) is 0 Å². The average Bonchev–Trinajstić information content (AvgIpc) is 2.68. The molecule has 3 rings (SSSR count). The molecular weight excluding hydrogens is 362 g/mol. The SMILES string of the molecule is C[C@H]1CCCN([C@H](C)C(=O)Nc2ccc(S(=O)(=O)N3CCCCC3)cc2)C1. The number of amides is 1. The number of nitrogens with one attached hydrogen (secondary N) is 1. The first-order chi connectivity index (χ1) is 12.9. The van der Waals surface area contributed by atoms with Crippen LogP contribution in [0.15, 0.2) is 29.2 Å². The van der Waals surface area contributed by atoms with Crippen LogP contribution in [0, 0.1) is 5.92 Å². The molecule has 2 saturated heterocycles. The molecule has 6 nitrogen and oxygen atoms in total. The molecule has 1 amide bonds. The first-order valence-corrected chi connectivity index (χ1v) is 11.5. The zero-order chi connectivity index (χ0) is 19.4. The van der Waals surface area contributed by atoms with Crippen molar-refractivity contribution in [2.24, 2.45) is 5.92 Å². The first-order valence-electron chi connectivity index (χ1n) is 10.0. The first kappa shape index (κ1) is 20.3. The molecule has 1 N–H and O–H groups in total. The minimum absolute atomic E-state index is 0.0456. The van der Waals surface area contributed by atoms with Gasteiger partial charge in [-0.25, -0.2) is 8.42 Å².